The molecule has 0 aliphatic rings. The Morgan fingerprint density at radius 3 is 2.39 bits per heavy atom. The lowest BCUT2D eigenvalue weighted by Gasteiger charge is -2.08. The van der Waals surface area contributed by atoms with Gasteiger partial charge in [-0.2, -0.15) is 0 Å². The summed E-state index contributed by atoms with van der Waals surface area (Å²) in [5.41, 5.74) is 7.65. The highest BCUT2D eigenvalue weighted by atomic mass is 79.9. The zero-order valence-electron chi connectivity index (χ0n) is 9.70. The van der Waals surface area contributed by atoms with Crippen LogP contribution in [0.3, 0.4) is 0 Å². The Kier molecular flexibility index (Phi) is 4.66. The number of benzene rings is 2. The number of hydrogen-bond donors (Lipinski definition) is 1. The van der Waals surface area contributed by atoms with E-state index >= 15 is 0 Å². The van der Waals surface area contributed by atoms with Crippen LogP contribution in [-0.2, 0) is 6.42 Å². The number of hydrogen-bond acceptors (Lipinski definition) is 2. The molecular weight excluding hydrogens is 358 g/mol. The van der Waals surface area contributed by atoms with Gasteiger partial charge in [-0.05, 0) is 51.8 Å². The van der Waals surface area contributed by atoms with Crippen LogP contribution >= 0.6 is 31.9 Å². The number of ether oxygens (including phenoxy) is 1. The molecule has 0 aromatic heterocycles. The second-order valence-electron chi connectivity index (χ2n) is 3.91. The van der Waals surface area contributed by atoms with Crippen LogP contribution in [0.5, 0.6) is 5.75 Å². The van der Waals surface area contributed by atoms with Crippen molar-refractivity contribution in [1.82, 2.24) is 0 Å². The summed E-state index contributed by atoms with van der Waals surface area (Å²) in [6, 6.07) is 13.7. The molecule has 0 atom stereocenters. The summed E-state index contributed by atoms with van der Waals surface area (Å²) in [5.74, 6) is 0.855. The fourth-order valence-corrected chi connectivity index (χ4v) is 2.72. The Labute approximate surface area is 123 Å². The van der Waals surface area contributed by atoms with Crippen LogP contribution in [0.25, 0.3) is 0 Å². The first-order valence-corrected chi connectivity index (χ1v) is 7.16. The van der Waals surface area contributed by atoms with Crippen LogP contribution < -0.4 is 10.5 Å². The molecule has 2 aromatic rings. The van der Waals surface area contributed by atoms with E-state index in [0.29, 0.717) is 6.61 Å². The van der Waals surface area contributed by atoms with Gasteiger partial charge < -0.3 is 10.5 Å². The summed E-state index contributed by atoms with van der Waals surface area (Å²) in [7, 11) is 0. The van der Waals surface area contributed by atoms with Crippen LogP contribution in [0.2, 0.25) is 0 Å². The van der Waals surface area contributed by atoms with Crippen molar-refractivity contribution in [2.75, 3.05) is 12.3 Å². The van der Waals surface area contributed by atoms with Gasteiger partial charge in [0.2, 0.25) is 0 Å². The molecule has 0 radical (unpaired) electrons. The molecule has 4 heteroatoms. The molecule has 0 amide bonds. The van der Waals surface area contributed by atoms with Crippen LogP contribution in [0.4, 0.5) is 5.69 Å². The molecular formula is C14H13Br2NO. The number of rotatable bonds is 4. The molecule has 0 heterocycles. The topological polar surface area (TPSA) is 35.2 Å². The predicted octanol–water partition coefficient (Wildman–Crippen LogP) is 4.42. The molecule has 0 unspecified atom stereocenters. The normalized spacial score (nSPS) is 10.3. The minimum atomic E-state index is 0.643. The van der Waals surface area contributed by atoms with Crippen molar-refractivity contribution in [2.24, 2.45) is 0 Å². The second-order valence-corrected chi connectivity index (χ2v) is 5.68. The van der Waals surface area contributed by atoms with E-state index < -0.39 is 0 Å². The van der Waals surface area contributed by atoms with E-state index in [9.17, 15) is 0 Å². The predicted molar refractivity (Wildman–Crippen MR) is 81.9 cm³/mol. The van der Waals surface area contributed by atoms with Gasteiger partial charge in [0, 0.05) is 16.6 Å². The molecule has 0 aliphatic carbocycles. The molecule has 0 aliphatic heterocycles. The van der Waals surface area contributed by atoms with Crippen molar-refractivity contribution < 1.29 is 4.74 Å². The molecule has 94 valence electrons. The van der Waals surface area contributed by atoms with Gasteiger partial charge in [-0.3, -0.25) is 0 Å². The minimum absolute atomic E-state index is 0.643. The summed E-state index contributed by atoms with van der Waals surface area (Å²) in [6.07, 6.45) is 0.864. The van der Waals surface area contributed by atoms with Crippen LogP contribution in [0.1, 0.15) is 5.56 Å². The Bertz CT molecular complexity index is 526. The lowest BCUT2D eigenvalue weighted by atomic mass is 10.1. The molecule has 0 bridgehead atoms. The fraction of sp³-hybridized carbons (Fsp3) is 0.143. The standard InChI is InChI=1S/C14H13Br2NO/c15-11-3-6-14(13(16)9-11)18-8-7-10-1-4-12(17)5-2-10/h1-6,9H,7-8,17H2. The molecule has 2 rings (SSSR count). The zero-order valence-corrected chi connectivity index (χ0v) is 12.9. The zero-order chi connectivity index (χ0) is 13.0. The van der Waals surface area contributed by atoms with Crippen LogP contribution in [0.15, 0.2) is 51.4 Å². The second kappa shape index (κ2) is 6.25. The number of halogens is 2. The number of nitrogen functional groups attached to an aromatic ring is 1. The average molecular weight is 371 g/mol. The quantitative estimate of drug-likeness (QED) is 0.808. The SMILES string of the molecule is Nc1ccc(CCOc2ccc(Br)cc2Br)cc1. The van der Waals surface area contributed by atoms with E-state index in [-0.39, 0.29) is 0 Å². The maximum Gasteiger partial charge on any atom is 0.133 e. The molecule has 0 fully saturated rings. The Balaban J connectivity index is 1.90. The van der Waals surface area contributed by atoms with Crippen molar-refractivity contribution in [2.45, 2.75) is 6.42 Å². The van der Waals surface area contributed by atoms with Crippen molar-refractivity contribution in [3.05, 3.63) is 57.0 Å². The van der Waals surface area contributed by atoms with Gasteiger partial charge >= 0.3 is 0 Å². The van der Waals surface area contributed by atoms with Gasteiger partial charge in [0.25, 0.3) is 0 Å². The summed E-state index contributed by atoms with van der Waals surface area (Å²) in [6.45, 7) is 0.643. The van der Waals surface area contributed by atoms with Crippen LogP contribution in [0, 0.1) is 0 Å². The van der Waals surface area contributed by atoms with Crippen molar-refractivity contribution in [3.8, 4) is 5.75 Å². The van der Waals surface area contributed by atoms with Crippen molar-refractivity contribution in [3.63, 3.8) is 0 Å². The Hall–Kier alpha value is -1.000. The Morgan fingerprint density at radius 1 is 1.00 bits per heavy atom. The largest absolute Gasteiger partial charge is 0.492 e. The third kappa shape index (κ3) is 3.75. The first-order valence-electron chi connectivity index (χ1n) is 5.57. The average Bonchev–Trinajstić information content (AvgIpc) is 2.34. The highest BCUT2D eigenvalue weighted by Crippen LogP contribution is 2.28. The maximum atomic E-state index is 5.73. The van der Waals surface area contributed by atoms with E-state index in [2.05, 4.69) is 31.9 Å². The maximum absolute atomic E-state index is 5.73. The van der Waals surface area contributed by atoms with Gasteiger partial charge in [-0.15, -0.1) is 0 Å². The summed E-state index contributed by atoms with van der Waals surface area (Å²) < 4.78 is 7.71. The van der Waals surface area contributed by atoms with E-state index in [0.717, 1.165) is 26.8 Å². The Morgan fingerprint density at radius 2 is 1.72 bits per heavy atom. The van der Waals surface area contributed by atoms with E-state index in [4.69, 9.17) is 10.5 Å². The summed E-state index contributed by atoms with van der Waals surface area (Å²) in [5, 5.41) is 0. The first-order chi connectivity index (χ1) is 8.65. The molecule has 0 saturated heterocycles. The van der Waals surface area contributed by atoms with Gasteiger partial charge in [-0.1, -0.05) is 28.1 Å². The number of nitrogens with two attached hydrogens (primary N) is 1. The van der Waals surface area contributed by atoms with Gasteiger partial charge in [0.1, 0.15) is 5.75 Å². The third-order valence-corrected chi connectivity index (χ3v) is 3.63. The first kappa shape index (κ1) is 13.4. The van der Waals surface area contributed by atoms with Crippen LogP contribution in [-0.4, -0.2) is 6.61 Å². The van der Waals surface area contributed by atoms with E-state index in [1.807, 2.05) is 42.5 Å². The molecule has 2 nitrogen and oxygen atoms in total. The summed E-state index contributed by atoms with van der Waals surface area (Å²) >= 11 is 6.88. The molecule has 2 N–H and O–H groups in total. The lowest BCUT2D eigenvalue weighted by molar-refractivity contribution is 0.320. The van der Waals surface area contributed by atoms with Gasteiger partial charge in [0.15, 0.2) is 0 Å². The lowest BCUT2D eigenvalue weighted by Crippen LogP contribution is -2.01. The molecule has 2 aromatic carbocycles. The van der Waals surface area contributed by atoms with E-state index in [1.54, 1.807) is 0 Å². The van der Waals surface area contributed by atoms with Gasteiger partial charge in [-0.25, -0.2) is 0 Å². The molecule has 0 saturated carbocycles. The summed E-state index contributed by atoms with van der Waals surface area (Å²) in [4.78, 5) is 0. The highest BCUT2D eigenvalue weighted by molar-refractivity contribution is 9.11. The van der Waals surface area contributed by atoms with E-state index in [1.165, 1.54) is 5.56 Å². The smallest absolute Gasteiger partial charge is 0.133 e. The highest BCUT2D eigenvalue weighted by Gasteiger charge is 2.01. The fourth-order valence-electron chi connectivity index (χ4n) is 1.56. The third-order valence-electron chi connectivity index (χ3n) is 2.52. The molecule has 0 spiro atoms. The van der Waals surface area contributed by atoms with Crippen molar-refractivity contribution >= 4 is 37.5 Å². The monoisotopic (exact) mass is 369 g/mol. The minimum Gasteiger partial charge on any atom is -0.492 e. The number of anilines is 1. The van der Waals surface area contributed by atoms with Gasteiger partial charge in [0.05, 0.1) is 11.1 Å². The van der Waals surface area contributed by atoms with Crippen molar-refractivity contribution in [1.29, 1.82) is 0 Å². The molecule has 18 heavy (non-hydrogen) atoms.